The summed E-state index contributed by atoms with van der Waals surface area (Å²) in [4.78, 5) is 18.1. The molecule has 16 heavy (non-hydrogen) atoms. The molecule has 0 bridgehead atoms. The molecule has 88 valence electrons. The molecule has 0 aliphatic rings. The first kappa shape index (κ1) is 13.2. The Bertz CT molecular complexity index is 366. The zero-order chi connectivity index (χ0) is 12.1. The van der Waals surface area contributed by atoms with E-state index in [1.165, 1.54) is 0 Å². The highest BCUT2D eigenvalue weighted by Gasteiger charge is 2.17. The molecule has 0 unspecified atom stereocenters. The van der Waals surface area contributed by atoms with Gasteiger partial charge >= 0.3 is 0 Å². The number of aromatic nitrogens is 1. The lowest BCUT2D eigenvalue weighted by Gasteiger charge is -2.26. The summed E-state index contributed by atoms with van der Waals surface area (Å²) < 4.78 is 0. The van der Waals surface area contributed by atoms with Crippen LogP contribution in [0, 0.1) is 6.92 Å². The third kappa shape index (κ3) is 3.30. The Morgan fingerprint density at radius 2 is 2.25 bits per heavy atom. The van der Waals surface area contributed by atoms with E-state index in [2.05, 4.69) is 20.9 Å². The quantitative estimate of drug-likeness (QED) is 0.797. The lowest BCUT2D eigenvalue weighted by atomic mass is 10.2. The number of carbonyl (C=O) groups is 1. The summed E-state index contributed by atoms with van der Waals surface area (Å²) >= 11 is 3.37. The van der Waals surface area contributed by atoms with Crippen LogP contribution in [0.5, 0.6) is 0 Å². The van der Waals surface area contributed by atoms with Crippen molar-refractivity contribution in [2.24, 2.45) is 0 Å². The number of aryl methyl sites for hydroxylation is 1. The number of hydrogen-bond acceptors (Lipinski definition) is 2. The van der Waals surface area contributed by atoms with Crippen LogP contribution in [0.25, 0.3) is 0 Å². The molecule has 0 fully saturated rings. The Balaban J connectivity index is 2.90. The van der Waals surface area contributed by atoms with Crippen molar-refractivity contribution in [3.8, 4) is 0 Å². The smallest absolute Gasteiger partial charge is 0.254 e. The molecule has 0 aromatic carbocycles. The Hall–Kier alpha value is -0.900. The van der Waals surface area contributed by atoms with E-state index < -0.39 is 0 Å². The summed E-state index contributed by atoms with van der Waals surface area (Å²) in [5.41, 5.74) is 1.58. The van der Waals surface area contributed by atoms with Crippen LogP contribution in [-0.4, -0.2) is 33.7 Å². The van der Waals surface area contributed by atoms with Crippen molar-refractivity contribution in [1.82, 2.24) is 9.88 Å². The highest BCUT2D eigenvalue weighted by molar-refractivity contribution is 9.09. The van der Waals surface area contributed by atoms with Crippen LogP contribution in [0.1, 0.15) is 29.9 Å². The van der Waals surface area contributed by atoms with E-state index >= 15 is 0 Å². The molecule has 0 saturated heterocycles. The van der Waals surface area contributed by atoms with Gasteiger partial charge in [-0.25, -0.2) is 0 Å². The number of halogens is 1. The molecule has 4 heteroatoms. The summed E-state index contributed by atoms with van der Waals surface area (Å²) in [7, 11) is 0. The predicted octanol–water partition coefficient (Wildman–Crippen LogP) is 2.64. The first-order chi connectivity index (χ1) is 7.56. The topological polar surface area (TPSA) is 33.2 Å². The molecule has 0 aliphatic heterocycles. The third-order valence-corrected chi connectivity index (χ3v) is 2.71. The van der Waals surface area contributed by atoms with E-state index in [-0.39, 0.29) is 11.9 Å². The van der Waals surface area contributed by atoms with Crippen molar-refractivity contribution in [2.75, 3.05) is 11.9 Å². The molecule has 0 aliphatic carbocycles. The molecule has 0 atom stereocenters. The molecular weight excluding hydrogens is 268 g/mol. The lowest BCUT2D eigenvalue weighted by Crippen LogP contribution is -2.38. The van der Waals surface area contributed by atoms with Gasteiger partial charge in [0.05, 0.1) is 0 Å². The van der Waals surface area contributed by atoms with Gasteiger partial charge in [-0.05, 0) is 32.9 Å². The maximum atomic E-state index is 12.2. The van der Waals surface area contributed by atoms with Crippen LogP contribution >= 0.6 is 15.9 Å². The van der Waals surface area contributed by atoms with Crippen LogP contribution in [0.2, 0.25) is 0 Å². The van der Waals surface area contributed by atoms with Crippen LogP contribution in [0.3, 0.4) is 0 Å². The average molecular weight is 285 g/mol. The molecule has 1 heterocycles. The zero-order valence-corrected chi connectivity index (χ0v) is 11.5. The summed E-state index contributed by atoms with van der Waals surface area (Å²) in [6.07, 6.45) is 1.68. The maximum Gasteiger partial charge on any atom is 0.254 e. The van der Waals surface area contributed by atoms with Gasteiger partial charge in [0.1, 0.15) is 0 Å². The number of nitrogens with zero attached hydrogens (tertiary/aromatic N) is 2. The average Bonchev–Trinajstić information content (AvgIpc) is 2.24. The van der Waals surface area contributed by atoms with Gasteiger partial charge < -0.3 is 4.90 Å². The predicted molar refractivity (Wildman–Crippen MR) is 68.9 cm³/mol. The second-order valence-electron chi connectivity index (χ2n) is 3.97. The van der Waals surface area contributed by atoms with Crippen LogP contribution in [0.15, 0.2) is 18.3 Å². The monoisotopic (exact) mass is 284 g/mol. The molecule has 0 N–H and O–H groups in total. The standard InChI is InChI=1S/C12H17BrN2O/c1-9(2)15(7-5-13)12(16)11-4-6-14-10(3)8-11/h4,6,8-9H,5,7H2,1-3H3. The van der Waals surface area contributed by atoms with Crippen molar-refractivity contribution >= 4 is 21.8 Å². The van der Waals surface area contributed by atoms with Crippen molar-refractivity contribution in [1.29, 1.82) is 0 Å². The van der Waals surface area contributed by atoms with E-state index in [1.807, 2.05) is 31.7 Å². The molecule has 1 rings (SSSR count). The highest BCUT2D eigenvalue weighted by atomic mass is 79.9. The highest BCUT2D eigenvalue weighted by Crippen LogP contribution is 2.09. The van der Waals surface area contributed by atoms with Crippen LogP contribution in [-0.2, 0) is 0 Å². The normalized spacial score (nSPS) is 10.6. The minimum atomic E-state index is 0.0694. The molecule has 1 aromatic rings. The Kier molecular flexibility index (Phi) is 4.93. The minimum Gasteiger partial charge on any atom is -0.335 e. The summed E-state index contributed by atoms with van der Waals surface area (Å²) in [5, 5.41) is 0.793. The maximum absolute atomic E-state index is 12.2. The molecular formula is C12H17BrN2O. The lowest BCUT2D eigenvalue weighted by molar-refractivity contribution is 0.0719. The van der Waals surface area contributed by atoms with E-state index in [0.717, 1.165) is 17.6 Å². The van der Waals surface area contributed by atoms with Gasteiger partial charge in [0.15, 0.2) is 0 Å². The van der Waals surface area contributed by atoms with Crippen molar-refractivity contribution in [3.63, 3.8) is 0 Å². The van der Waals surface area contributed by atoms with Crippen LogP contribution in [0.4, 0.5) is 0 Å². The number of carbonyl (C=O) groups excluding carboxylic acids is 1. The Morgan fingerprint density at radius 3 is 2.75 bits per heavy atom. The van der Waals surface area contributed by atoms with E-state index in [4.69, 9.17) is 0 Å². The molecule has 1 amide bonds. The zero-order valence-electron chi connectivity index (χ0n) is 9.90. The third-order valence-electron chi connectivity index (χ3n) is 2.35. The fraction of sp³-hybridized carbons (Fsp3) is 0.500. The number of amides is 1. The van der Waals surface area contributed by atoms with Crippen molar-refractivity contribution in [2.45, 2.75) is 26.8 Å². The molecule has 3 nitrogen and oxygen atoms in total. The van der Waals surface area contributed by atoms with Crippen molar-refractivity contribution < 1.29 is 4.79 Å². The molecule has 0 radical (unpaired) electrons. The van der Waals surface area contributed by atoms with Gasteiger partial charge in [-0.2, -0.15) is 0 Å². The Morgan fingerprint density at radius 1 is 1.56 bits per heavy atom. The number of pyridine rings is 1. The fourth-order valence-electron chi connectivity index (χ4n) is 1.53. The Labute approximate surface area is 105 Å². The number of hydrogen-bond donors (Lipinski definition) is 0. The van der Waals surface area contributed by atoms with Gasteiger partial charge in [0.25, 0.3) is 5.91 Å². The first-order valence-electron chi connectivity index (χ1n) is 5.36. The van der Waals surface area contributed by atoms with E-state index in [1.54, 1.807) is 12.3 Å². The number of rotatable bonds is 4. The summed E-state index contributed by atoms with van der Waals surface area (Å²) in [6, 6.07) is 3.80. The van der Waals surface area contributed by atoms with E-state index in [9.17, 15) is 4.79 Å². The van der Waals surface area contributed by atoms with Gasteiger partial charge in [0, 0.05) is 35.4 Å². The summed E-state index contributed by atoms with van der Waals surface area (Å²) in [6.45, 7) is 6.65. The van der Waals surface area contributed by atoms with Gasteiger partial charge in [-0.3, -0.25) is 9.78 Å². The van der Waals surface area contributed by atoms with E-state index in [0.29, 0.717) is 5.56 Å². The SMILES string of the molecule is Cc1cc(C(=O)N(CCBr)C(C)C)ccn1. The summed E-state index contributed by atoms with van der Waals surface area (Å²) in [5.74, 6) is 0.0694. The van der Waals surface area contributed by atoms with Crippen molar-refractivity contribution in [3.05, 3.63) is 29.6 Å². The number of alkyl halides is 1. The first-order valence-corrected chi connectivity index (χ1v) is 6.48. The van der Waals surface area contributed by atoms with Gasteiger partial charge in [-0.15, -0.1) is 0 Å². The molecule has 0 saturated carbocycles. The molecule has 0 spiro atoms. The molecule has 1 aromatic heterocycles. The second-order valence-corrected chi connectivity index (χ2v) is 4.76. The minimum absolute atomic E-state index is 0.0694. The largest absolute Gasteiger partial charge is 0.335 e. The van der Waals surface area contributed by atoms with Crippen LogP contribution < -0.4 is 0 Å². The van der Waals surface area contributed by atoms with Gasteiger partial charge in [-0.1, -0.05) is 15.9 Å². The fourth-order valence-corrected chi connectivity index (χ4v) is 1.91. The van der Waals surface area contributed by atoms with Gasteiger partial charge in [0.2, 0.25) is 0 Å². The second kappa shape index (κ2) is 5.99.